The maximum atomic E-state index is 9.56. The van der Waals surface area contributed by atoms with Crippen LogP contribution in [0.5, 0.6) is 5.75 Å². The van der Waals surface area contributed by atoms with Gasteiger partial charge in [-0.05, 0) is 29.7 Å². The molecule has 1 aliphatic rings. The van der Waals surface area contributed by atoms with Crippen LogP contribution in [0.15, 0.2) is 48.5 Å². The first-order chi connectivity index (χ1) is 13.7. The van der Waals surface area contributed by atoms with E-state index in [1.165, 1.54) is 11.1 Å². The van der Waals surface area contributed by atoms with Crippen LogP contribution in [0.25, 0.3) is 0 Å². The van der Waals surface area contributed by atoms with Crippen LogP contribution in [0.1, 0.15) is 23.1 Å². The van der Waals surface area contributed by atoms with Gasteiger partial charge in [-0.25, -0.2) is 0 Å². The summed E-state index contributed by atoms with van der Waals surface area (Å²) >= 11 is 0. The molecule has 0 unspecified atom stereocenters. The second-order valence-corrected chi connectivity index (χ2v) is 7.44. The minimum absolute atomic E-state index is 0.227. The van der Waals surface area contributed by atoms with Crippen LogP contribution in [0, 0.1) is 0 Å². The molecule has 1 N–H and O–H groups in total. The zero-order chi connectivity index (χ0) is 19.8. The number of ether oxygens (including phenoxy) is 2. The fourth-order valence-corrected chi connectivity index (χ4v) is 4.01. The van der Waals surface area contributed by atoms with Crippen molar-refractivity contribution in [1.82, 2.24) is 9.80 Å². The summed E-state index contributed by atoms with van der Waals surface area (Å²) in [6.45, 7) is 5.64. The van der Waals surface area contributed by atoms with E-state index in [9.17, 15) is 5.11 Å². The van der Waals surface area contributed by atoms with E-state index in [0.29, 0.717) is 12.6 Å². The molecule has 0 aromatic heterocycles. The maximum Gasteiger partial charge on any atom is 0.124 e. The summed E-state index contributed by atoms with van der Waals surface area (Å²) in [4.78, 5) is 4.99. The Bertz CT molecular complexity index is 723. The average molecular weight is 385 g/mol. The van der Waals surface area contributed by atoms with Gasteiger partial charge in [0.1, 0.15) is 5.75 Å². The van der Waals surface area contributed by atoms with Crippen LogP contribution in [0.2, 0.25) is 0 Å². The molecule has 1 atom stereocenters. The van der Waals surface area contributed by atoms with Gasteiger partial charge in [0, 0.05) is 58.0 Å². The molecule has 5 nitrogen and oxygen atoms in total. The monoisotopic (exact) mass is 384 g/mol. The number of hydrogen-bond acceptors (Lipinski definition) is 5. The third-order valence-corrected chi connectivity index (χ3v) is 5.43. The fraction of sp³-hybridized carbons (Fsp3) is 0.478. The van der Waals surface area contributed by atoms with Crippen molar-refractivity contribution in [3.63, 3.8) is 0 Å². The Kier molecular flexibility index (Phi) is 7.86. The second kappa shape index (κ2) is 10.6. The zero-order valence-corrected chi connectivity index (χ0v) is 17.0. The molecule has 2 aromatic rings. The van der Waals surface area contributed by atoms with Crippen molar-refractivity contribution in [2.45, 2.75) is 32.2 Å². The molecule has 5 heteroatoms. The normalized spacial score (nSPS) is 18.3. The van der Waals surface area contributed by atoms with E-state index in [-0.39, 0.29) is 6.61 Å². The van der Waals surface area contributed by atoms with E-state index in [0.717, 1.165) is 50.5 Å². The Balaban J connectivity index is 1.64. The van der Waals surface area contributed by atoms with Crippen molar-refractivity contribution in [2.75, 3.05) is 40.5 Å². The second-order valence-electron chi connectivity index (χ2n) is 7.44. The third kappa shape index (κ3) is 5.55. The lowest BCUT2D eigenvalue weighted by molar-refractivity contribution is 0.0499. The largest absolute Gasteiger partial charge is 0.496 e. The Hall–Kier alpha value is -1.92. The summed E-state index contributed by atoms with van der Waals surface area (Å²) in [6, 6.07) is 17.3. The van der Waals surface area contributed by atoms with Gasteiger partial charge in [0.05, 0.1) is 13.7 Å². The van der Waals surface area contributed by atoms with Gasteiger partial charge in [-0.3, -0.25) is 9.80 Å². The summed E-state index contributed by atoms with van der Waals surface area (Å²) < 4.78 is 10.7. The molecule has 28 heavy (non-hydrogen) atoms. The Morgan fingerprint density at radius 2 is 1.82 bits per heavy atom. The van der Waals surface area contributed by atoms with Crippen LogP contribution in [-0.4, -0.2) is 61.4 Å². The smallest absolute Gasteiger partial charge is 0.124 e. The summed E-state index contributed by atoms with van der Waals surface area (Å²) in [5, 5.41) is 9.56. The van der Waals surface area contributed by atoms with Crippen molar-refractivity contribution in [3.8, 4) is 5.75 Å². The lowest BCUT2D eigenvalue weighted by atomic mass is 10.0. The minimum atomic E-state index is 0.227. The molecule has 0 amide bonds. The number of rotatable bonds is 9. The van der Waals surface area contributed by atoms with Gasteiger partial charge < -0.3 is 14.6 Å². The lowest BCUT2D eigenvalue weighted by Gasteiger charge is -2.41. The highest BCUT2D eigenvalue weighted by atomic mass is 16.5. The van der Waals surface area contributed by atoms with Gasteiger partial charge in [0.2, 0.25) is 0 Å². The molecule has 2 aromatic carbocycles. The molecule has 0 radical (unpaired) electrons. The zero-order valence-electron chi connectivity index (χ0n) is 17.0. The Morgan fingerprint density at radius 3 is 2.54 bits per heavy atom. The number of methoxy groups -OCH3 is 2. The molecule has 1 fully saturated rings. The Labute approximate surface area is 168 Å². The van der Waals surface area contributed by atoms with Gasteiger partial charge >= 0.3 is 0 Å². The Morgan fingerprint density at radius 1 is 1.00 bits per heavy atom. The van der Waals surface area contributed by atoms with Gasteiger partial charge in [-0.15, -0.1) is 0 Å². The van der Waals surface area contributed by atoms with Crippen molar-refractivity contribution in [2.24, 2.45) is 0 Å². The SMILES string of the molecule is COCc1cc(CN2CCN(Cc3ccccc3)[C@H](CCO)C2)ccc1OC. The topological polar surface area (TPSA) is 45.2 Å². The van der Waals surface area contributed by atoms with E-state index in [1.54, 1.807) is 14.2 Å². The molecule has 1 saturated heterocycles. The molecule has 0 saturated carbocycles. The fourth-order valence-electron chi connectivity index (χ4n) is 4.01. The van der Waals surface area contributed by atoms with E-state index in [2.05, 4.69) is 52.3 Å². The highest BCUT2D eigenvalue weighted by Crippen LogP contribution is 2.23. The van der Waals surface area contributed by atoms with Crippen LogP contribution >= 0.6 is 0 Å². The van der Waals surface area contributed by atoms with Gasteiger partial charge in [-0.1, -0.05) is 36.4 Å². The van der Waals surface area contributed by atoms with E-state index in [1.807, 2.05) is 6.07 Å². The molecular weight excluding hydrogens is 352 g/mol. The first kappa shape index (κ1) is 20.8. The van der Waals surface area contributed by atoms with Crippen LogP contribution in [-0.2, 0) is 24.4 Å². The first-order valence-electron chi connectivity index (χ1n) is 9.99. The van der Waals surface area contributed by atoms with Crippen molar-refractivity contribution < 1.29 is 14.6 Å². The molecule has 152 valence electrons. The minimum Gasteiger partial charge on any atom is -0.496 e. The molecule has 0 aliphatic carbocycles. The lowest BCUT2D eigenvalue weighted by Crippen LogP contribution is -2.52. The van der Waals surface area contributed by atoms with Crippen LogP contribution in [0.3, 0.4) is 0 Å². The molecule has 3 rings (SSSR count). The standard InChI is InChI=1S/C23H32N2O3/c1-27-18-21-14-20(8-9-23(21)28-2)15-24-11-12-25(22(17-24)10-13-26)16-19-6-4-3-5-7-19/h3-9,14,22,26H,10-13,15-18H2,1-2H3/t22-/m1/s1. The molecule has 1 aliphatic heterocycles. The molecule has 0 spiro atoms. The number of aliphatic hydroxyl groups is 1. The molecule has 1 heterocycles. The van der Waals surface area contributed by atoms with E-state index < -0.39 is 0 Å². The summed E-state index contributed by atoms with van der Waals surface area (Å²) in [5.41, 5.74) is 3.68. The van der Waals surface area contributed by atoms with Crippen molar-refractivity contribution >= 4 is 0 Å². The van der Waals surface area contributed by atoms with Gasteiger partial charge in [0.15, 0.2) is 0 Å². The summed E-state index contributed by atoms with van der Waals surface area (Å²) in [5.74, 6) is 0.872. The van der Waals surface area contributed by atoms with Crippen molar-refractivity contribution in [3.05, 3.63) is 65.2 Å². The number of aliphatic hydroxyl groups excluding tert-OH is 1. The number of nitrogens with zero attached hydrogens (tertiary/aromatic N) is 2. The predicted molar refractivity (Wildman–Crippen MR) is 111 cm³/mol. The molecular formula is C23H32N2O3. The van der Waals surface area contributed by atoms with Crippen LogP contribution < -0.4 is 4.74 Å². The summed E-state index contributed by atoms with van der Waals surface area (Å²) in [7, 11) is 3.40. The van der Waals surface area contributed by atoms with E-state index >= 15 is 0 Å². The average Bonchev–Trinajstić information content (AvgIpc) is 2.71. The van der Waals surface area contributed by atoms with E-state index in [4.69, 9.17) is 9.47 Å². The number of benzene rings is 2. The van der Waals surface area contributed by atoms with Gasteiger partial charge in [0.25, 0.3) is 0 Å². The van der Waals surface area contributed by atoms with Crippen LogP contribution in [0.4, 0.5) is 0 Å². The highest BCUT2D eigenvalue weighted by Gasteiger charge is 2.26. The quantitative estimate of drug-likeness (QED) is 0.720. The highest BCUT2D eigenvalue weighted by molar-refractivity contribution is 5.37. The number of hydrogen-bond donors (Lipinski definition) is 1. The number of piperazine rings is 1. The predicted octanol–water partition coefficient (Wildman–Crippen LogP) is 2.91. The van der Waals surface area contributed by atoms with Crippen molar-refractivity contribution in [1.29, 1.82) is 0 Å². The summed E-state index contributed by atoms with van der Waals surface area (Å²) in [6.07, 6.45) is 0.806. The van der Waals surface area contributed by atoms with Gasteiger partial charge in [-0.2, -0.15) is 0 Å². The maximum absolute atomic E-state index is 9.56. The molecule has 0 bridgehead atoms. The third-order valence-electron chi connectivity index (χ3n) is 5.43. The first-order valence-corrected chi connectivity index (χ1v) is 9.99.